The summed E-state index contributed by atoms with van der Waals surface area (Å²) in [7, 11) is 0. The molecule has 9 nitrogen and oxygen atoms in total. The van der Waals surface area contributed by atoms with Crippen LogP contribution in [0.15, 0.2) is 52.5 Å². The number of hydrogen-bond acceptors (Lipinski definition) is 7. The predicted molar refractivity (Wildman–Crippen MR) is 170 cm³/mol. The van der Waals surface area contributed by atoms with Crippen LogP contribution in [0.25, 0.3) is 0 Å². The predicted octanol–water partition coefficient (Wildman–Crippen LogP) is 8.00. The Morgan fingerprint density at radius 3 is 2.53 bits per heavy atom. The minimum Gasteiger partial charge on any atom is -0.504 e. The van der Waals surface area contributed by atoms with Gasteiger partial charge in [-0.3, -0.25) is 14.2 Å². The molecule has 0 aliphatic heterocycles. The highest BCUT2D eigenvalue weighted by molar-refractivity contribution is 6.28. The van der Waals surface area contributed by atoms with Crippen LogP contribution in [0.2, 0.25) is 5.28 Å². The summed E-state index contributed by atoms with van der Waals surface area (Å²) >= 11 is 6.04. The number of allylic oxidation sites excluding steroid dienone is 7. The largest absolute Gasteiger partial charge is 0.504 e. The number of nitrogens with zero attached hydrogens (tertiary/aromatic N) is 3. The first-order chi connectivity index (χ1) is 21.0. The van der Waals surface area contributed by atoms with Crippen molar-refractivity contribution in [3.63, 3.8) is 0 Å². The molecule has 6 rings (SSSR count). The van der Waals surface area contributed by atoms with Gasteiger partial charge in [-0.1, -0.05) is 45.4 Å². The molecule has 0 spiro atoms. The summed E-state index contributed by atoms with van der Waals surface area (Å²) < 4.78 is 7.36. The Morgan fingerprint density at radius 1 is 1.13 bits per heavy atom. The average Bonchev–Trinajstić information content (AvgIpc) is 3.37. The second-order valence-electron chi connectivity index (χ2n) is 15.4. The van der Waals surface area contributed by atoms with Gasteiger partial charge in [0, 0.05) is 17.5 Å². The number of hydrogen-bond donors (Lipinski definition) is 1. The van der Waals surface area contributed by atoms with Gasteiger partial charge in [-0.2, -0.15) is 0 Å². The Hall–Kier alpha value is -3.20. The Labute approximate surface area is 269 Å². The lowest BCUT2D eigenvalue weighted by Crippen LogP contribution is -2.62. The van der Waals surface area contributed by atoms with Crippen LogP contribution in [0, 0.1) is 43.1 Å². The fraction of sp³-hybridized carbons (Fsp3) is 0.629. The Bertz CT molecular complexity index is 1640. The normalized spacial score (nSPS) is 37.4. The van der Waals surface area contributed by atoms with Crippen LogP contribution in [0.1, 0.15) is 92.9 Å². The van der Waals surface area contributed by atoms with Crippen LogP contribution < -0.4 is 0 Å². The van der Waals surface area contributed by atoms with Crippen molar-refractivity contribution in [1.82, 2.24) is 9.55 Å². The van der Waals surface area contributed by atoms with Crippen molar-refractivity contribution in [2.24, 2.45) is 33.0 Å². The molecule has 1 aromatic heterocycles. The molecule has 10 heteroatoms. The monoisotopic (exact) mass is 637 g/mol. The molecule has 0 unspecified atom stereocenters. The molecule has 1 aromatic rings. The van der Waals surface area contributed by atoms with Gasteiger partial charge in [-0.05, 0) is 126 Å². The number of carbonyl (C=O) groups excluding carboxylic acids is 2. The van der Waals surface area contributed by atoms with Crippen LogP contribution in [0.5, 0.6) is 0 Å². The van der Waals surface area contributed by atoms with Crippen molar-refractivity contribution in [1.29, 1.82) is 0 Å². The third kappa shape index (κ3) is 4.58. The van der Waals surface area contributed by atoms with Gasteiger partial charge in [-0.15, -0.1) is 0 Å². The summed E-state index contributed by atoms with van der Waals surface area (Å²) in [4.78, 5) is 40.6. The number of aromatic nitrogens is 2. The van der Waals surface area contributed by atoms with E-state index in [0.29, 0.717) is 24.5 Å². The maximum atomic E-state index is 13.7. The number of imidazole rings is 1. The van der Waals surface area contributed by atoms with E-state index in [1.807, 2.05) is 6.92 Å². The van der Waals surface area contributed by atoms with Crippen molar-refractivity contribution in [3.05, 3.63) is 67.9 Å². The summed E-state index contributed by atoms with van der Waals surface area (Å²) in [5, 5.41) is 21.4. The number of ketones is 1. The minimum atomic E-state index is -0.608. The highest BCUT2D eigenvalue weighted by Gasteiger charge is 2.67. The molecule has 0 saturated heterocycles. The van der Waals surface area contributed by atoms with Gasteiger partial charge >= 0.3 is 17.1 Å². The molecule has 1 heterocycles. The first-order valence-corrected chi connectivity index (χ1v) is 16.5. The fourth-order valence-electron chi connectivity index (χ4n) is 9.84. The summed E-state index contributed by atoms with van der Waals surface area (Å²) in [5.41, 5.74) is 3.06. The van der Waals surface area contributed by atoms with Gasteiger partial charge in [0.1, 0.15) is 6.20 Å². The van der Waals surface area contributed by atoms with E-state index >= 15 is 0 Å². The quantitative estimate of drug-likeness (QED) is 0.145. The number of aryl methyl sites for hydroxylation is 1. The third-order valence-electron chi connectivity index (χ3n) is 13.0. The highest BCUT2D eigenvalue weighted by atomic mass is 35.5. The molecular weight excluding hydrogens is 594 g/mol. The van der Waals surface area contributed by atoms with Crippen LogP contribution >= 0.6 is 11.6 Å². The molecule has 0 amide bonds. The number of esters is 1. The number of fused-ring (bicyclic) bond motifs is 7. The van der Waals surface area contributed by atoms with Crippen molar-refractivity contribution in [2.45, 2.75) is 99.5 Å². The SMILES string of the molecule is CC1=C(O)C(=O)C=C2C1=CC=C1[C@@]2(C)CC[C@@]2(C)[C@@H]3C[C@](C)(C(=O)OCCCn4cc([N+](=O)[O-])nc4Cl)CC[C@]3(C)CC[C@]12C. The molecule has 0 aromatic carbocycles. The van der Waals surface area contributed by atoms with E-state index in [1.54, 1.807) is 6.08 Å². The second-order valence-corrected chi connectivity index (χ2v) is 15.8. The van der Waals surface area contributed by atoms with Crippen molar-refractivity contribution in [2.75, 3.05) is 6.61 Å². The molecule has 3 saturated carbocycles. The number of rotatable bonds is 6. The van der Waals surface area contributed by atoms with Crippen LogP contribution in [-0.2, 0) is 20.9 Å². The van der Waals surface area contributed by atoms with Gasteiger partial charge < -0.3 is 20.0 Å². The molecule has 0 radical (unpaired) electrons. The summed E-state index contributed by atoms with van der Waals surface area (Å²) in [6, 6.07) is 0. The van der Waals surface area contributed by atoms with E-state index in [0.717, 1.165) is 56.1 Å². The minimum absolute atomic E-state index is 0.0413. The Morgan fingerprint density at radius 2 is 1.84 bits per heavy atom. The topological polar surface area (TPSA) is 125 Å². The molecule has 45 heavy (non-hydrogen) atoms. The van der Waals surface area contributed by atoms with Crippen LogP contribution in [-0.4, -0.2) is 37.9 Å². The van der Waals surface area contributed by atoms with Gasteiger partial charge in [0.2, 0.25) is 5.78 Å². The average molecular weight is 638 g/mol. The van der Waals surface area contributed by atoms with Gasteiger partial charge in [0.05, 0.1) is 12.0 Å². The number of nitro groups is 1. The number of carbonyl (C=O) groups is 2. The standard InChI is InChI=1S/C35H44ClN3O6/c1-21-22-8-9-25-33(4,23(22)18-24(40)28(21)41)13-15-35(6)26-19-32(3,11-10-31(26,2)12-14-34(25,35)5)29(42)45-17-7-16-38-20-27(39(43)44)37-30(38)36/h8-9,18,20,26,41H,7,10-17,19H2,1-6H3/t26-,31-,32-,33+,34-,35+/m1/s1. The lowest BCUT2D eigenvalue weighted by Gasteiger charge is -2.70. The first-order valence-electron chi connectivity index (χ1n) is 16.1. The third-order valence-corrected chi connectivity index (χ3v) is 13.3. The summed E-state index contributed by atoms with van der Waals surface area (Å²) in [5.74, 6) is -0.645. The molecule has 242 valence electrons. The van der Waals surface area contributed by atoms with E-state index in [1.165, 1.54) is 16.3 Å². The Kier molecular flexibility index (Phi) is 7.35. The van der Waals surface area contributed by atoms with Crippen molar-refractivity contribution in [3.8, 4) is 0 Å². The maximum absolute atomic E-state index is 13.7. The molecular formula is C35H44ClN3O6. The molecule has 5 aliphatic carbocycles. The van der Waals surface area contributed by atoms with E-state index in [9.17, 15) is 24.8 Å². The molecule has 6 atom stereocenters. The zero-order valence-corrected chi connectivity index (χ0v) is 27.9. The zero-order chi connectivity index (χ0) is 32.7. The lowest BCUT2D eigenvalue weighted by molar-refractivity contribution is -0.389. The molecule has 1 N–H and O–H groups in total. The summed E-state index contributed by atoms with van der Waals surface area (Å²) in [6.45, 7) is 14.0. The van der Waals surface area contributed by atoms with Gasteiger partial charge in [0.15, 0.2) is 5.76 Å². The van der Waals surface area contributed by atoms with E-state index in [2.05, 4.69) is 51.8 Å². The molecule has 5 aliphatic rings. The van der Waals surface area contributed by atoms with Gasteiger partial charge in [0.25, 0.3) is 0 Å². The van der Waals surface area contributed by atoms with Crippen LogP contribution in [0.3, 0.4) is 0 Å². The smallest absolute Gasteiger partial charge is 0.383 e. The molecule has 0 bridgehead atoms. The lowest BCUT2D eigenvalue weighted by atomic mass is 9.34. The zero-order valence-electron chi connectivity index (χ0n) is 27.2. The maximum Gasteiger partial charge on any atom is 0.383 e. The number of aliphatic hydroxyl groups is 1. The van der Waals surface area contributed by atoms with Crippen molar-refractivity contribution >= 4 is 29.2 Å². The number of ether oxygens (including phenoxy) is 1. The van der Waals surface area contributed by atoms with E-state index < -0.39 is 10.3 Å². The highest BCUT2D eigenvalue weighted by Crippen LogP contribution is 2.75. The Balaban J connectivity index is 1.22. The second kappa shape index (κ2) is 10.4. The number of halogens is 1. The first kappa shape index (κ1) is 31.8. The van der Waals surface area contributed by atoms with Crippen LogP contribution in [0.4, 0.5) is 5.82 Å². The van der Waals surface area contributed by atoms with Crippen molar-refractivity contribution < 1.29 is 24.4 Å². The van der Waals surface area contributed by atoms with Gasteiger partial charge in [-0.25, -0.2) is 0 Å². The van der Waals surface area contributed by atoms with E-state index in [-0.39, 0.29) is 56.9 Å². The fourth-order valence-corrected chi connectivity index (χ4v) is 10.1. The molecule has 3 fully saturated rings. The number of aliphatic hydroxyl groups excluding tert-OH is 1. The summed E-state index contributed by atoms with van der Waals surface area (Å²) in [6.07, 6.45) is 14.3. The van der Waals surface area contributed by atoms with E-state index in [4.69, 9.17) is 16.3 Å².